The summed E-state index contributed by atoms with van der Waals surface area (Å²) in [6, 6.07) is 1.30. The molecular weight excluding hydrogens is 230 g/mol. The van der Waals surface area contributed by atoms with Crippen LogP contribution >= 0.6 is 0 Å². The van der Waals surface area contributed by atoms with Gasteiger partial charge in [-0.1, -0.05) is 33.1 Å². The molecule has 0 spiro atoms. The van der Waals surface area contributed by atoms with Crippen LogP contribution in [0.3, 0.4) is 0 Å². The number of carbonyl (C=O) groups is 1. The Kier molecular flexibility index (Phi) is 5.62. The van der Waals surface area contributed by atoms with Crippen LogP contribution in [0.1, 0.15) is 50.0 Å². The van der Waals surface area contributed by atoms with Gasteiger partial charge in [0.2, 0.25) is 5.43 Å². The highest BCUT2D eigenvalue weighted by molar-refractivity contribution is 5.76. The summed E-state index contributed by atoms with van der Waals surface area (Å²) in [6.45, 7) is 4.93. The standard InChI is InChI=1S/C14H21NO3/c1-3-5-6-11(4-2)9-15-8-7-13(17)14(18)12(15)10-16/h7-8,10-11,18H,3-6,9H2,1-2H3. The molecule has 0 bridgehead atoms. The molecule has 0 amide bonds. The van der Waals surface area contributed by atoms with Crippen molar-refractivity contribution in [2.45, 2.75) is 46.1 Å². The normalized spacial score (nSPS) is 12.3. The Hall–Kier alpha value is -1.58. The third kappa shape index (κ3) is 3.45. The molecule has 0 radical (unpaired) electrons. The van der Waals surface area contributed by atoms with Gasteiger partial charge >= 0.3 is 0 Å². The number of hydrogen-bond acceptors (Lipinski definition) is 3. The van der Waals surface area contributed by atoms with E-state index in [9.17, 15) is 14.7 Å². The monoisotopic (exact) mass is 251 g/mol. The second-order valence-electron chi connectivity index (χ2n) is 4.60. The molecule has 1 aromatic rings. The van der Waals surface area contributed by atoms with Crippen LogP contribution in [0, 0.1) is 5.92 Å². The first-order valence-corrected chi connectivity index (χ1v) is 6.51. The van der Waals surface area contributed by atoms with Crippen LogP contribution in [0.5, 0.6) is 5.75 Å². The van der Waals surface area contributed by atoms with Crippen LogP contribution < -0.4 is 5.43 Å². The molecule has 1 aromatic heterocycles. The molecule has 0 fully saturated rings. The molecule has 0 aliphatic heterocycles. The van der Waals surface area contributed by atoms with E-state index in [1.807, 2.05) is 0 Å². The summed E-state index contributed by atoms with van der Waals surface area (Å²) in [6.07, 6.45) is 6.54. The number of rotatable bonds is 7. The van der Waals surface area contributed by atoms with E-state index < -0.39 is 11.2 Å². The van der Waals surface area contributed by atoms with Crippen molar-refractivity contribution >= 4 is 6.29 Å². The zero-order valence-corrected chi connectivity index (χ0v) is 11.1. The van der Waals surface area contributed by atoms with E-state index in [0.717, 1.165) is 25.7 Å². The summed E-state index contributed by atoms with van der Waals surface area (Å²) in [5.74, 6) is 0.0170. The lowest BCUT2D eigenvalue weighted by Crippen LogP contribution is -2.17. The summed E-state index contributed by atoms with van der Waals surface area (Å²) in [5, 5.41) is 9.58. The molecule has 4 heteroatoms. The number of nitrogens with zero attached hydrogens (tertiary/aromatic N) is 1. The maximum Gasteiger partial charge on any atom is 0.223 e. The third-order valence-electron chi connectivity index (χ3n) is 3.30. The van der Waals surface area contributed by atoms with Crippen LogP contribution in [0.4, 0.5) is 0 Å². The van der Waals surface area contributed by atoms with E-state index in [1.54, 1.807) is 10.8 Å². The number of unbranched alkanes of at least 4 members (excludes halogenated alkanes) is 1. The molecule has 1 unspecified atom stereocenters. The van der Waals surface area contributed by atoms with E-state index in [-0.39, 0.29) is 5.69 Å². The fourth-order valence-corrected chi connectivity index (χ4v) is 2.06. The van der Waals surface area contributed by atoms with E-state index in [1.165, 1.54) is 6.07 Å². The smallest absolute Gasteiger partial charge is 0.223 e. The fourth-order valence-electron chi connectivity index (χ4n) is 2.06. The van der Waals surface area contributed by atoms with Crippen molar-refractivity contribution in [3.63, 3.8) is 0 Å². The molecule has 1 atom stereocenters. The van der Waals surface area contributed by atoms with Gasteiger partial charge in [0, 0.05) is 18.8 Å². The number of aromatic nitrogens is 1. The predicted molar refractivity (Wildman–Crippen MR) is 71.1 cm³/mol. The van der Waals surface area contributed by atoms with Crippen molar-refractivity contribution in [1.82, 2.24) is 4.57 Å². The Balaban J connectivity index is 2.92. The number of aldehydes is 1. The summed E-state index contributed by atoms with van der Waals surface area (Å²) >= 11 is 0. The van der Waals surface area contributed by atoms with E-state index in [4.69, 9.17) is 0 Å². The second-order valence-corrected chi connectivity index (χ2v) is 4.60. The first kappa shape index (κ1) is 14.5. The van der Waals surface area contributed by atoms with Gasteiger partial charge in [0.15, 0.2) is 12.0 Å². The van der Waals surface area contributed by atoms with Crippen LogP contribution in [-0.2, 0) is 6.54 Å². The molecular formula is C14H21NO3. The highest BCUT2D eigenvalue weighted by Crippen LogP contribution is 2.17. The number of hydrogen-bond donors (Lipinski definition) is 1. The number of aromatic hydroxyl groups is 1. The van der Waals surface area contributed by atoms with Crippen LogP contribution in [0.15, 0.2) is 17.1 Å². The Labute approximate surface area is 107 Å². The lowest BCUT2D eigenvalue weighted by Gasteiger charge is -2.18. The molecule has 1 heterocycles. The topological polar surface area (TPSA) is 59.3 Å². The average molecular weight is 251 g/mol. The van der Waals surface area contributed by atoms with Gasteiger partial charge in [-0.15, -0.1) is 0 Å². The molecule has 1 rings (SSSR count). The van der Waals surface area contributed by atoms with E-state index >= 15 is 0 Å². The van der Waals surface area contributed by atoms with Gasteiger partial charge in [0.1, 0.15) is 5.69 Å². The van der Waals surface area contributed by atoms with Crippen molar-refractivity contribution in [2.75, 3.05) is 0 Å². The summed E-state index contributed by atoms with van der Waals surface area (Å²) in [4.78, 5) is 22.2. The Bertz CT molecular complexity index is 451. The Morgan fingerprint density at radius 1 is 1.44 bits per heavy atom. The first-order chi connectivity index (χ1) is 8.63. The minimum atomic E-state index is -0.505. The molecule has 18 heavy (non-hydrogen) atoms. The van der Waals surface area contributed by atoms with Gasteiger partial charge in [0.05, 0.1) is 0 Å². The molecule has 0 aliphatic rings. The maximum absolute atomic E-state index is 11.3. The zero-order chi connectivity index (χ0) is 13.5. The summed E-state index contributed by atoms with van der Waals surface area (Å²) in [7, 11) is 0. The fraction of sp³-hybridized carbons (Fsp3) is 0.571. The van der Waals surface area contributed by atoms with Gasteiger partial charge in [-0.3, -0.25) is 9.59 Å². The highest BCUT2D eigenvalue weighted by atomic mass is 16.3. The molecule has 0 aromatic carbocycles. The van der Waals surface area contributed by atoms with E-state index in [0.29, 0.717) is 18.7 Å². The largest absolute Gasteiger partial charge is 0.503 e. The highest BCUT2D eigenvalue weighted by Gasteiger charge is 2.12. The van der Waals surface area contributed by atoms with Gasteiger partial charge in [0.25, 0.3) is 0 Å². The SMILES string of the molecule is CCCCC(CC)Cn1ccc(=O)c(O)c1C=O. The number of carbonyl (C=O) groups excluding carboxylic acids is 1. The molecule has 100 valence electrons. The van der Waals surface area contributed by atoms with Gasteiger partial charge < -0.3 is 9.67 Å². The van der Waals surface area contributed by atoms with Gasteiger partial charge in [-0.25, -0.2) is 0 Å². The van der Waals surface area contributed by atoms with Gasteiger partial charge in [-0.05, 0) is 12.3 Å². The van der Waals surface area contributed by atoms with Crippen LogP contribution in [0.25, 0.3) is 0 Å². The minimum Gasteiger partial charge on any atom is -0.503 e. The minimum absolute atomic E-state index is 0.0810. The molecule has 0 saturated carbocycles. The average Bonchev–Trinajstić information content (AvgIpc) is 2.38. The predicted octanol–water partition coefficient (Wildman–Crippen LogP) is 2.58. The van der Waals surface area contributed by atoms with Crippen molar-refractivity contribution in [3.8, 4) is 5.75 Å². The summed E-state index contributed by atoms with van der Waals surface area (Å²) < 4.78 is 1.67. The van der Waals surface area contributed by atoms with Crippen LogP contribution in [0.2, 0.25) is 0 Å². The number of pyridine rings is 1. The maximum atomic E-state index is 11.3. The van der Waals surface area contributed by atoms with Gasteiger partial charge in [-0.2, -0.15) is 0 Å². The lowest BCUT2D eigenvalue weighted by molar-refractivity contribution is 0.111. The van der Waals surface area contributed by atoms with Crippen molar-refractivity contribution < 1.29 is 9.90 Å². The molecule has 4 nitrogen and oxygen atoms in total. The molecule has 0 aliphatic carbocycles. The summed E-state index contributed by atoms with van der Waals surface area (Å²) in [5.41, 5.74) is -0.424. The van der Waals surface area contributed by atoms with Crippen molar-refractivity contribution in [3.05, 3.63) is 28.2 Å². The van der Waals surface area contributed by atoms with Crippen LogP contribution in [-0.4, -0.2) is 16.0 Å². The molecule has 0 saturated heterocycles. The third-order valence-corrected chi connectivity index (χ3v) is 3.30. The van der Waals surface area contributed by atoms with Crippen molar-refractivity contribution in [2.24, 2.45) is 5.92 Å². The lowest BCUT2D eigenvalue weighted by atomic mass is 9.99. The second kappa shape index (κ2) is 6.99. The zero-order valence-electron chi connectivity index (χ0n) is 11.1. The molecule has 1 N–H and O–H groups in total. The first-order valence-electron chi connectivity index (χ1n) is 6.51. The quantitative estimate of drug-likeness (QED) is 0.758. The Morgan fingerprint density at radius 3 is 2.72 bits per heavy atom. The Morgan fingerprint density at radius 2 is 2.17 bits per heavy atom. The van der Waals surface area contributed by atoms with E-state index in [2.05, 4.69) is 13.8 Å². The van der Waals surface area contributed by atoms with Crippen molar-refractivity contribution in [1.29, 1.82) is 0 Å².